The van der Waals surface area contributed by atoms with E-state index in [4.69, 9.17) is 5.11 Å². The average Bonchev–Trinajstić information content (AvgIpc) is 2.76. The van der Waals surface area contributed by atoms with Crippen LogP contribution in [0.25, 0.3) is 0 Å². The maximum atomic E-state index is 12.5. The maximum Gasteiger partial charge on any atom is 0.240 e. The molecule has 0 aromatic rings. The first-order chi connectivity index (χ1) is 8.35. The van der Waals surface area contributed by atoms with Crippen LogP contribution >= 0.6 is 0 Å². The third-order valence-electron chi connectivity index (χ3n) is 4.05. The molecule has 4 heteroatoms. The summed E-state index contributed by atoms with van der Waals surface area (Å²) in [5.74, 6) is 0.0934. The fourth-order valence-electron chi connectivity index (χ4n) is 2.61. The number of aliphatic hydroxyl groups excluding tert-OH is 1. The summed E-state index contributed by atoms with van der Waals surface area (Å²) in [5, 5.41) is 15.6. The number of amides is 1. The number of nitrogens with one attached hydrogen (secondary N) is 2. The summed E-state index contributed by atoms with van der Waals surface area (Å²) in [4.78, 5) is 12.5. The first kappa shape index (κ1) is 15.4. The predicted octanol–water partition coefficient (Wildman–Crippen LogP) is 1.43. The van der Waals surface area contributed by atoms with Gasteiger partial charge in [0.2, 0.25) is 5.91 Å². The molecule has 1 aliphatic heterocycles. The van der Waals surface area contributed by atoms with Crippen molar-refractivity contribution in [2.75, 3.05) is 13.2 Å². The minimum absolute atomic E-state index is 0.0147. The molecule has 0 aliphatic carbocycles. The average molecular weight is 256 g/mol. The smallest absolute Gasteiger partial charge is 0.240 e. The Kier molecular flexibility index (Phi) is 5.17. The lowest BCUT2D eigenvalue weighted by Gasteiger charge is -2.35. The minimum Gasteiger partial charge on any atom is -0.396 e. The number of aliphatic hydroxyl groups is 1. The zero-order chi connectivity index (χ0) is 13.8. The number of rotatable bonds is 5. The van der Waals surface area contributed by atoms with Crippen LogP contribution in [0.4, 0.5) is 0 Å². The molecule has 1 fully saturated rings. The lowest BCUT2D eigenvalue weighted by atomic mass is 9.83. The molecule has 0 aromatic carbocycles. The fourth-order valence-corrected chi connectivity index (χ4v) is 2.61. The van der Waals surface area contributed by atoms with E-state index in [1.165, 1.54) is 0 Å². The van der Waals surface area contributed by atoms with Gasteiger partial charge >= 0.3 is 0 Å². The second kappa shape index (κ2) is 6.02. The Morgan fingerprint density at radius 3 is 2.56 bits per heavy atom. The van der Waals surface area contributed by atoms with E-state index in [2.05, 4.69) is 38.3 Å². The standard InChI is InChI=1S/C14H28N2O2/c1-5-14(8-6-9-15-14)12(18)16-11(7-10-17)13(2,3)4/h11,15,17H,5-10H2,1-4H3,(H,16,18). The van der Waals surface area contributed by atoms with Gasteiger partial charge in [-0.3, -0.25) is 4.79 Å². The molecule has 1 aliphatic rings. The van der Waals surface area contributed by atoms with Crippen LogP contribution in [0.15, 0.2) is 0 Å². The van der Waals surface area contributed by atoms with Gasteiger partial charge in [0.25, 0.3) is 0 Å². The van der Waals surface area contributed by atoms with Crippen molar-refractivity contribution in [2.24, 2.45) is 5.41 Å². The van der Waals surface area contributed by atoms with Gasteiger partial charge in [-0.05, 0) is 37.6 Å². The Bertz CT molecular complexity index is 278. The van der Waals surface area contributed by atoms with Crippen LogP contribution in [-0.4, -0.2) is 35.7 Å². The SMILES string of the molecule is CCC1(C(=O)NC(CCO)C(C)(C)C)CCCN1. The molecule has 0 bridgehead atoms. The molecule has 1 saturated heterocycles. The Morgan fingerprint density at radius 2 is 2.17 bits per heavy atom. The van der Waals surface area contributed by atoms with Crippen molar-refractivity contribution in [3.05, 3.63) is 0 Å². The molecule has 18 heavy (non-hydrogen) atoms. The van der Waals surface area contributed by atoms with Crippen LogP contribution in [0, 0.1) is 5.41 Å². The lowest BCUT2D eigenvalue weighted by Crippen LogP contribution is -2.57. The van der Waals surface area contributed by atoms with Gasteiger partial charge in [0, 0.05) is 12.6 Å². The molecule has 2 unspecified atom stereocenters. The summed E-state index contributed by atoms with van der Waals surface area (Å²) in [6.07, 6.45) is 3.39. The van der Waals surface area contributed by atoms with Crippen molar-refractivity contribution in [1.82, 2.24) is 10.6 Å². The second-order valence-corrected chi connectivity index (χ2v) is 6.37. The highest BCUT2D eigenvalue weighted by Gasteiger charge is 2.40. The Morgan fingerprint density at radius 1 is 1.50 bits per heavy atom. The molecule has 0 aromatic heterocycles. The van der Waals surface area contributed by atoms with E-state index in [0.29, 0.717) is 6.42 Å². The molecule has 4 nitrogen and oxygen atoms in total. The largest absolute Gasteiger partial charge is 0.396 e. The lowest BCUT2D eigenvalue weighted by molar-refractivity contribution is -0.129. The van der Waals surface area contributed by atoms with Crippen LogP contribution in [0.5, 0.6) is 0 Å². The van der Waals surface area contributed by atoms with E-state index in [1.54, 1.807) is 0 Å². The molecule has 0 spiro atoms. The van der Waals surface area contributed by atoms with Crippen molar-refractivity contribution < 1.29 is 9.90 Å². The van der Waals surface area contributed by atoms with Gasteiger partial charge in [0.05, 0.1) is 5.54 Å². The van der Waals surface area contributed by atoms with E-state index in [9.17, 15) is 4.79 Å². The van der Waals surface area contributed by atoms with Gasteiger partial charge in [0.15, 0.2) is 0 Å². The molecule has 0 radical (unpaired) electrons. The molecular formula is C14H28N2O2. The zero-order valence-corrected chi connectivity index (χ0v) is 12.2. The van der Waals surface area contributed by atoms with Crippen LogP contribution in [0.2, 0.25) is 0 Å². The topological polar surface area (TPSA) is 61.4 Å². The van der Waals surface area contributed by atoms with Crippen LogP contribution in [0.3, 0.4) is 0 Å². The van der Waals surface area contributed by atoms with Crippen LogP contribution in [0.1, 0.15) is 53.4 Å². The molecule has 106 valence electrons. The molecule has 2 atom stereocenters. The van der Waals surface area contributed by atoms with Gasteiger partial charge in [0.1, 0.15) is 0 Å². The first-order valence-electron chi connectivity index (χ1n) is 7.02. The molecule has 3 N–H and O–H groups in total. The Labute approximate surface area is 111 Å². The van der Waals surface area contributed by atoms with E-state index < -0.39 is 0 Å². The normalized spacial score (nSPS) is 26.1. The number of hydrogen-bond donors (Lipinski definition) is 3. The monoisotopic (exact) mass is 256 g/mol. The third kappa shape index (κ3) is 3.45. The highest BCUT2D eigenvalue weighted by molar-refractivity contribution is 5.87. The number of carbonyl (C=O) groups excluding carboxylic acids is 1. The first-order valence-corrected chi connectivity index (χ1v) is 7.02. The molecule has 1 heterocycles. The highest BCUT2D eigenvalue weighted by Crippen LogP contribution is 2.26. The number of carbonyl (C=O) groups is 1. The minimum atomic E-state index is -0.390. The second-order valence-electron chi connectivity index (χ2n) is 6.37. The summed E-state index contributed by atoms with van der Waals surface area (Å²) >= 11 is 0. The van der Waals surface area contributed by atoms with E-state index in [0.717, 1.165) is 25.8 Å². The van der Waals surface area contributed by atoms with Gasteiger partial charge in [-0.25, -0.2) is 0 Å². The molecular weight excluding hydrogens is 228 g/mol. The summed E-state index contributed by atoms with van der Waals surface area (Å²) in [5.41, 5.74) is -0.426. The summed E-state index contributed by atoms with van der Waals surface area (Å²) in [6, 6.07) is 0.0147. The van der Waals surface area contributed by atoms with Gasteiger partial charge in [-0.1, -0.05) is 27.7 Å². The van der Waals surface area contributed by atoms with Gasteiger partial charge in [-0.2, -0.15) is 0 Å². The zero-order valence-electron chi connectivity index (χ0n) is 12.2. The molecule has 1 rings (SSSR count). The number of hydrogen-bond acceptors (Lipinski definition) is 3. The maximum absolute atomic E-state index is 12.5. The van der Waals surface area contributed by atoms with Crippen molar-refractivity contribution in [3.63, 3.8) is 0 Å². The van der Waals surface area contributed by atoms with Gasteiger partial charge < -0.3 is 15.7 Å². The summed E-state index contributed by atoms with van der Waals surface area (Å²) < 4.78 is 0. The van der Waals surface area contributed by atoms with E-state index >= 15 is 0 Å². The van der Waals surface area contributed by atoms with Gasteiger partial charge in [-0.15, -0.1) is 0 Å². The quantitative estimate of drug-likeness (QED) is 0.697. The van der Waals surface area contributed by atoms with E-state index in [1.807, 2.05) is 0 Å². The highest BCUT2D eigenvalue weighted by atomic mass is 16.3. The van der Waals surface area contributed by atoms with Crippen LogP contribution in [-0.2, 0) is 4.79 Å². The predicted molar refractivity (Wildman–Crippen MR) is 73.3 cm³/mol. The van der Waals surface area contributed by atoms with Crippen molar-refractivity contribution in [1.29, 1.82) is 0 Å². The van der Waals surface area contributed by atoms with Crippen LogP contribution < -0.4 is 10.6 Å². The summed E-state index contributed by atoms with van der Waals surface area (Å²) in [6.45, 7) is 9.35. The third-order valence-corrected chi connectivity index (χ3v) is 4.05. The Balaban J connectivity index is 2.71. The van der Waals surface area contributed by atoms with Crippen molar-refractivity contribution in [3.8, 4) is 0 Å². The Hall–Kier alpha value is -0.610. The summed E-state index contributed by atoms with van der Waals surface area (Å²) in [7, 11) is 0. The van der Waals surface area contributed by atoms with Crippen molar-refractivity contribution >= 4 is 5.91 Å². The molecule has 0 saturated carbocycles. The fraction of sp³-hybridized carbons (Fsp3) is 0.929. The van der Waals surface area contributed by atoms with E-state index in [-0.39, 0.29) is 29.5 Å². The van der Waals surface area contributed by atoms with Crippen molar-refractivity contribution in [2.45, 2.75) is 65.0 Å². The molecule has 1 amide bonds.